The Kier molecular flexibility index (Phi) is 5.46. The van der Waals surface area contributed by atoms with Crippen molar-refractivity contribution >= 4 is 48.3 Å². The van der Waals surface area contributed by atoms with E-state index in [9.17, 15) is 13.2 Å². The molecule has 0 radical (unpaired) electrons. The van der Waals surface area contributed by atoms with Crippen molar-refractivity contribution in [3.05, 3.63) is 59.2 Å². The second-order valence-electron chi connectivity index (χ2n) is 6.61. The molecule has 0 N–H and O–H groups in total. The van der Waals surface area contributed by atoms with Gasteiger partial charge in [0.2, 0.25) is 0 Å². The zero-order chi connectivity index (χ0) is 21.3. The zero-order valence-corrected chi connectivity index (χ0v) is 17.9. The van der Waals surface area contributed by atoms with Crippen LogP contribution in [-0.2, 0) is 21.1 Å². The van der Waals surface area contributed by atoms with Crippen LogP contribution >= 0.6 is 11.3 Å². The van der Waals surface area contributed by atoms with Crippen LogP contribution < -0.4 is 4.80 Å². The predicted molar refractivity (Wildman–Crippen MR) is 114 cm³/mol. The first kappa shape index (κ1) is 20.3. The van der Waals surface area contributed by atoms with Crippen LogP contribution in [0.4, 0.5) is 0 Å². The molecule has 4 rings (SSSR count). The quantitative estimate of drug-likeness (QED) is 0.470. The van der Waals surface area contributed by atoms with Gasteiger partial charge >= 0.3 is 0 Å². The molecule has 0 bridgehead atoms. The van der Waals surface area contributed by atoms with Crippen LogP contribution in [0.15, 0.2) is 58.7 Å². The second-order valence-corrected chi connectivity index (χ2v) is 9.63. The van der Waals surface area contributed by atoms with Gasteiger partial charge in [-0.05, 0) is 36.4 Å². The molecule has 0 aliphatic heterocycles. The number of methoxy groups -OCH3 is 1. The van der Waals surface area contributed by atoms with Gasteiger partial charge < -0.3 is 9.30 Å². The molecule has 30 heavy (non-hydrogen) atoms. The van der Waals surface area contributed by atoms with E-state index in [4.69, 9.17) is 4.74 Å². The summed E-state index contributed by atoms with van der Waals surface area (Å²) in [5.41, 5.74) is 2.50. The molecule has 0 atom stereocenters. The summed E-state index contributed by atoms with van der Waals surface area (Å²) in [5, 5.41) is 0. The Morgan fingerprint density at radius 3 is 2.63 bits per heavy atom. The summed E-state index contributed by atoms with van der Waals surface area (Å²) in [5.74, 6) is -0.413. The van der Waals surface area contributed by atoms with E-state index in [0.29, 0.717) is 34.5 Å². The third-order valence-corrected chi connectivity index (χ3v) is 6.67. The molecule has 0 spiro atoms. The van der Waals surface area contributed by atoms with E-state index >= 15 is 0 Å². The van der Waals surface area contributed by atoms with Gasteiger partial charge in [-0.2, -0.15) is 4.99 Å². The maximum atomic E-state index is 12.8. The molecule has 154 valence electrons. The van der Waals surface area contributed by atoms with Gasteiger partial charge in [-0.1, -0.05) is 11.3 Å². The number of aromatic nitrogens is 3. The summed E-state index contributed by atoms with van der Waals surface area (Å²) in [6.07, 6.45) is 4.32. The van der Waals surface area contributed by atoms with Crippen molar-refractivity contribution in [2.24, 2.45) is 4.99 Å². The van der Waals surface area contributed by atoms with Crippen molar-refractivity contribution in [2.45, 2.75) is 11.4 Å². The van der Waals surface area contributed by atoms with Crippen LogP contribution in [0, 0.1) is 0 Å². The summed E-state index contributed by atoms with van der Waals surface area (Å²) in [4.78, 5) is 26.3. The Labute approximate surface area is 176 Å². The van der Waals surface area contributed by atoms with E-state index in [-0.39, 0.29) is 4.90 Å². The Morgan fingerprint density at radius 1 is 1.13 bits per heavy atom. The van der Waals surface area contributed by atoms with Gasteiger partial charge in [0.1, 0.15) is 0 Å². The maximum Gasteiger partial charge on any atom is 0.279 e. The van der Waals surface area contributed by atoms with Crippen LogP contribution in [0.1, 0.15) is 10.4 Å². The fourth-order valence-electron chi connectivity index (χ4n) is 3.02. The summed E-state index contributed by atoms with van der Waals surface area (Å²) < 4.78 is 31.6. The molecular weight excluding hydrogens is 424 g/mol. The number of sulfone groups is 1. The first-order chi connectivity index (χ1) is 14.4. The zero-order valence-electron chi connectivity index (χ0n) is 16.3. The van der Waals surface area contributed by atoms with Crippen molar-refractivity contribution in [2.75, 3.05) is 20.0 Å². The molecule has 2 aromatic carbocycles. The molecule has 0 aliphatic rings. The number of ether oxygens (including phenoxy) is 1. The summed E-state index contributed by atoms with van der Waals surface area (Å²) in [6.45, 7) is 0.899. The highest BCUT2D eigenvalue weighted by Crippen LogP contribution is 2.22. The molecule has 0 saturated heterocycles. The topological polar surface area (TPSA) is 104 Å². The van der Waals surface area contributed by atoms with E-state index in [1.54, 1.807) is 55.9 Å². The molecule has 0 unspecified atom stereocenters. The number of carbonyl (C=O) groups excluding carboxylic acids is 1. The molecule has 2 heterocycles. The Balaban J connectivity index is 1.83. The number of amides is 1. The number of carbonyl (C=O) groups is 1. The standard InChI is InChI=1S/C20H18N4O4S2/c1-28-10-9-24-17-6-4-14(30(2,26)27)12-18(17)29-20(24)23-19(25)13-3-5-15-16(11-13)22-8-7-21-15/h3-8,11-12H,9-10H2,1-2H3. The van der Waals surface area contributed by atoms with E-state index < -0.39 is 15.7 Å². The number of rotatable bonds is 5. The smallest absolute Gasteiger partial charge is 0.279 e. The minimum absolute atomic E-state index is 0.223. The lowest BCUT2D eigenvalue weighted by Gasteiger charge is -2.05. The van der Waals surface area contributed by atoms with E-state index in [0.717, 1.165) is 16.5 Å². The molecule has 1 amide bonds. The van der Waals surface area contributed by atoms with Gasteiger partial charge in [0.15, 0.2) is 14.6 Å². The van der Waals surface area contributed by atoms with Crippen LogP contribution in [0.5, 0.6) is 0 Å². The molecule has 0 aliphatic carbocycles. The molecule has 0 fully saturated rings. The average molecular weight is 443 g/mol. The van der Waals surface area contributed by atoms with Gasteiger partial charge in [0.25, 0.3) is 5.91 Å². The van der Waals surface area contributed by atoms with Crippen molar-refractivity contribution in [3.63, 3.8) is 0 Å². The number of hydrogen-bond donors (Lipinski definition) is 0. The Bertz CT molecular complexity index is 1440. The second kappa shape index (κ2) is 8.05. The summed E-state index contributed by atoms with van der Waals surface area (Å²) in [6, 6.07) is 9.94. The van der Waals surface area contributed by atoms with Gasteiger partial charge in [0.05, 0.1) is 32.8 Å². The Morgan fingerprint density at radius 2 is 1.90 bits per heavy atom. The van der Waals surface area contributed by atoms with Gasteiger partial charge in [0, 0.05) is 37.9 Å². The number of hydrogen-bond acceptors (Lipinski definition) is 7. The third-order valence-electron chi connectivity index (χ3n) is 4.51. The highest BCUT2D eigenvalue weighted by Gasteiger charge is 2.14. The number of benzene rings is 2. The lowest BCUT2D eigenvalue weighted by molar-refractivity contribution is 0.0997. The molecule has 2 aromatic heterocycles. The van der Waals surface area contributed by atoms with Gasteiger partial charge in [-0.25, -0.2) is 8.42 Å². The number of fused-ring (bicyclic) bond motifs is 2. The highest BCUT2D eigenvalue weighted by molar-refractivity contribution is 7.90. The van der Waals surface area contributed by atoms with E-state index in [1.807, 2.05) is 4.57 Å². The first-order valence-corrected chi connectivity index (χ1v) is 11.7. The Hall–Kier alpha value is -2.95. The largest absolute Gasteiger partial charge is 0.383 e. The molecule has 4 aromatic rings. The SMILES string of the molecule is COCCn1c(=NC(=O)c2ccc3nccnc3c2)sc2cc(S(C)(=O)=O)ccc21. The average Bonchev–Trinajstić information content (AvgIpc) is 3.07. The normalized spacial score (nSPS) is 12.7. The molecule has 10 heteroatoms. The third kappa shape index (κ3) is 4.02. The van der Waals surface area contributed by atoms with Crippen molar-refractivity contribution in [3.8, 4) is 0 Å². The van der Waals surface area contributed by atoms with E-state index in [1.165, 1.54) is 11.3 Å². The van der Waals surface area contributed by atoms with Crippen LogP contribution in [0.25, 0.3) is 21.3 Å². The number of nitrogens with zero attached hydrogens (tertiary/aromatic N) is 4. The fourth-order valence-corrected chi connectivity index (χ4v) is 4.83. The van der Waals surface area contributed by atoms with Crippen LogP contribution in [0.3, 0.4) is 0 Å². The lowest BCUT2D eigenvalue weighted by Crippen LogP contribution is -2.19. The van der Waals surface area contributed by atoms with Crippen LogP contribution in [-0.4, -0.2) is 48.8 Å². The monoisotopic (exact) mass is 442 g/mol. The van der Waals surface area contributed by atoms with Gasteiger partial charge in [-0.15, -0.1) is 0 Å². The fraction of sp³-hybridized carbons (Fsp3) is 0.200. The first-order valence-electron chi connectivity index (χ1n) is 8.99. The maximum absolute atomic E-state index is 12.8. The minimum Gasteiger partial charge on any atom is -0.383 e. The van der Waals surface area contributed by atoms with Crippen molar-refractivity contribution < 1.29 is 17.9 Å². The lowest BCUT2D eigenvalue weighted by atomic mass is 10.2. The predicted octanol–water partition coefficient (Wildman–Crippen LogP) is 2.44. The van der Waals surface area contributed by atoms with Crippen molar-refractivity contribution in [1.29, 1.82) is 0 Å². The molecular formula is C20H18N4O4S2. The molecule has 8 nitrogen and oxygen atoms in total. The van der Waals surface area contributed by atoms with Crippen LogP contribution in [0.2, 0.25) is 0 Å². The number of thiazole rings is 1. The summed E-state index contributed by atoms with van der Waals surface area (Å²) in [7, 11) is -1.75. The summed E-state index contributed by atoms with van der Waals surface area (Å²) >= 11 is 1.26. The highest BCUT2D eigenvalue weighted by atomic mass is 32.2. The van der Waals surface area contributed by atoms with Gasteiger partial charge in [-0.3, -0.25) is 14.8 Å². The van der Waals surface area contributed by atoms with E-state index in [2.05, 4.69) is 15.0 Å². The van der Waals surface area contributed by atoms with Crippen molar-refractivity contribution in [1.82, 2.24) is 14.5 Å². The minimum atomic E-state index is -3.34. The molecule has 0 saturated carbocycles.